The molecule has 29 heavy (non-hydrogen) atoms. The largest absolute Gasteiger partial charge is 0.357 e. The van der Waals surface area contributed by atoms with Gasteiger partial charge in [-0.1, -0.05) is 43.7 Å². The zero-order valence-corrected chi connectivity index (χ0v) is 18.8. The fourth-order valence-electron chi connectivity index (χ4n) is 3.92. The lowest BCUT2D eigenvalue weighted by atomic mass is 10.0. The van der Waals surface area contributed by atoms with Crippen LogP contribution in [0.4, 0.5) is 5.82 Å². The van der Waals surface area contributed by atoms with E-state index < -0.39 is 0 Å². The zero-order chi connectivity index (χ0) is 21.1. The second kappa shape index (κ2) is 9.14. The number of carbonyl (C=O) groups is 1. The average Bonchev–Trinajstić information content (AvgIpc) is 2.88. The molecule has 2 aliphatic heterocycles. The van der Waals surface area contributed by atoms with Crippen molar-refractivity contribution >= 4 is 46.1 Å². The lowest BCUT2D eigenvalue weighted by Crippen LogP contribution is -2.34. The monoisotopic (exact) mass is 430 g/mol. The van der Waals surface area contributed by atoms with Crippen LogP contribution in [0.15, 0.2) is 9.70 Å². The van der Waals surface area contributed by atoms with Gasteiger partial charge < -0.3 is 4.90 Å². The zero-order valence-electron chi connectivity index (χ0n) is 17.2. The van der Waals surface area contributed by atoms with E-state index in [1.807, 2.05) is 13.0 Å². The lowest BCUT2D eigenvalue weighted by Gasteiger charge is -2.28. The van der Waals surface area contributed by atoms with Crippen molar-refractivity contribution in [3.63, 3.8) is 0 Å². The number of pyridine rings is 1. The molecule has 0 aromatic carbocycles. The van der Waals surface area contributed by atoms with Gasteiger partial charge in [0.25, 0.3) is 11.5 Å². The number of anilines is 1. The van der Waals surface area contributed by atoms with Crippen LogP contribution in [0.25, 0.3) is 6.08 Å². The van der Waals surface area contributed by atoms with Crippen molar-refractivity contribution in [2.75, 3.05) is 24.5 Å². The van der Waals surface area contributed by atoms with E-state index in [2.05, 4.69) is 11.0 Å². The number of rotatable bonds is 4. The summed E-state index contributed by atoms with van der Waals surface area (Å²) < 4.78 is 2.12. The van der Waals surface area contributed by atoms with Gasteiger partial charge in [0.2, 0.25) is 0 Å². The van der Waals surface area contributed by atoms with E-state index in [1.54, 1.807) is 23.4 Å². The van der Waals surface area contributed by atoms with Crippen LogP contribution in [0.3, 0.4) is 0 Å². The Kier molecular flexibility index (Phi) is 6.81. The lowest BCUT2D eigenvalue weighted by molar-refractivity contribution is -0.122. The van der Waals surface area contributed by atoms with Crippen molar-refractivity contribution in [1.29, 1.82) is 5.26 Å². The highest BCUT2D eigenvalue weighted by molar-refractivity contribution is 8.26. The van der Waals surface area contributed by atoms with E-state index in [4.69, 9.17) is 12.2 Å². The molecule has 0 aliphatic carbocycles. The van der Waals surface area contributed by atoms with Gasteiger partial charge in [-0.3, -0.25) is 19.1 Å². The van der Waals surface area contributed by atoms with Crippen molar-refractivity contribution in [3.8, 4) is 6.07 Å². The number of thiocarbonyl (C=S) groups is 1. The SMILES string of the molecule is CCCN1C(=O)/C(=C/c2c(C)c(C#N)c(=O)n(C)c2N2CCCCCC2)SC1=S. The quantitative estimate of drug-likeness (QED) is 0.537. The minimum Gasteiger partial charge on any atom is -0.357 e. The summed E-state index contributed by atoms with van der Waals surface area (Å²) in [5.74, 6) is 0.685. The predicted molar refractivity (Wildman–Crippen MR) is 122 cm³/mol. The van der Waals surface area contributed by atoms with Gasteiger partial charge in [0, 0.05) is 32.2 Å². The van der Waals surface area contributed by atoms with Crippen molar-refractivity contribution < 1.29 is 4.79 Å². The highest BCUT2D eigenvalue weighted by Gasteiger charge is 2.32. The number of thioether (sulfide) groups is 1. The molecule has 2 fully saturated rings. The van der Waals surface area contributed by atoms with Crippen LogP contribution in [-0.4, -0.2) is 39.3 Å². The first kappa shape index (κ1) is 21.6. The maximum Gasteiger partial charge on any atom is 0.270 e. The maximum absolute atomic E-state index is 12.9. The highest BCUT2D eigenvalue weighted by atomic mass is 32.2. The molecule has 2 saturated heterocycles. The molecule has 2 aliphatic rings. The van der Waals surface area contributed by atoms with Gasteiger partial charge >= 0.3 is 0 Å². The van der Waals surface area contributed by atoms with Gasteiger partial charge in [0.15, 0.2) is 0 Å². The minimum atomic E-state index is -0.292. The summed E-state index contributed by atoms with van der Waals surface area (Å²) >= 11 is 6.68. The standard InChI is InChI=1S/C21H26N4O2S2/c1-4-9-25-20(27)17(29-21(25)28)12-15-14(2)16(13-22)19(26)23(3)18(15)24-10-7-5-6-8-11-24/h12H,4-11H2,1-3H3/b17-12-. The summed E-state index contributed by atoms with van der Waals surface area (Å²) in [4.78, 5) is 30.1. The molecule has 0 radical (unpaired) electrons. The summed E-state index contributed by atoms with van der Waals surface area (Å²) in [6.07, 6.45) is 7.12. The molecule has 0 N–H and O–H groups in total. The fourth-order valence-corrected chi connectivity index (χ4v) is 5.21. The van der Waals surface area contributed by atoms with Gasteiger partial charge in [-0.25, -0.2) is 0 Å². The van der Waals surface area contributed by atoms with Crippen molar-refractivity contribution in [2.45, 2.75) is 46.0 Å². The third kappa shape index (κ3) is 4.12. The second-order valence-electron chi connectivity index (χ2n) is 7.45. The van der Waals surface area contributed by atoms with Crippen LogP contribution < -0.4 is 10.5 Å². The predicted octanol–water partition coefficient (Wildman–Crippen LogP) is 3.56. The molecule has 8 heteroatoms. The Labute approximate surface area is 181 Å². The number of hydrogen-bond donors (Lipinski definition) is 0. The third-order valence-electron chi connectivity index (χ3n) is 5.47. The first-order valence-electron chi connectivity index (χ1n) is 10.0. The molecule has 0 bridgehead atoms. The smallest absolute Gasteiger partial charge is 0.270 e. The third-order valence-corrected chi connectivity index (χ3v) is 6.85. The number of nitrogens with zero attached hydrogens (tertiary/aromatic N) is 4. The van der Waals surface area contributed by atoms with Crippen LogP contribution >= 0.6 is 24.0 Å². The molecule has 1 aromatic rings. The van der Waals surface area contributed by atoms with E-state index in [0.717, 1.165) is 43.7 Å². The molecule has 3 rings (SSSR count). The molecule has 0 saturated carbocycles. The molecule has 3 heterocycles. The van der Waals surface area contributed by atoms with E-state index in [-0.39, 0.29) is 17.0 Å². The van der Waals surface area contributed by atoms with Gasteiger partial charge in [0.1, 0.15) is 21.8 Å². The van der Waals surface area contributed by atoms with Crippen molar-refractivity contribution in [1.82, 2.24) is 9.47 Å². The average molecular weight is 431 g/mol. The highest BCUT2D eigenvalue weighted by Crippen LogP contribution is 2.36. The molecule has 154 valence electrons. The Bertz CT molecular complexity index is 966. The number of carbonyl (C=O) groups excluding carboxylic acids is 1. The second-order valence-corrected chi connectivity index (χ2v) is 9.12. The van der Waals surface area contributed by atoms with Crippen LogP contribution in [0.2, 0.25) is 0 Å². The van der Waals surface area contributed by atoms with Crippen LogP contribution in [0.1, 0.15) is 55.7 Å². The van der Waals surface area contributed by atoms with Gasteiger partial charge in [-0.2, -0.15) is 5.26 Å². The molecular weight excluding hydrogens is 404 g/mol. The normalized spacial score (nSPS) is 19.0. The molecule has 1 amide bonds. The molecular formula is C21H26N4O2S2. The van der Waals surface area contributed by atoms with Crippen molar-refractivity contribution in [2.24, 2.45) is 7.05 Å². The number of amides is 1. The summed E-state index contributed by atoms with van der Waals surface area (Å²) in [5.41, 5.74) is 1.22. The minimum absolute atomic E-state index is 0.101. The number of aromatic nitrogens is 1. The van der Waals surface area contributed by atoms with Crippen LogP contribution in [-0.2, 0) is 11.8 Å². The van der Waals surface area contributed by atoms with E-state index in [0.29, 0.717) is 21.3 Å². The van der Waals surface area contributed by atoms with Gasteiger partial charge in [-0.15, -0.1) is 0 Å². The van der Waals surface area contributed by atoms with Gasteiger partial charge in [-0.05, 0) is 37.8 Å². The number of hydrogen-bond acceptors (Lipinski definition) is 6. The number of nitriles is 1. The molecule has 0 atom stereocenters. The summed E-state index contributed by atoms with van der Waals surface area (Å²) in [6, 6.07) is 2.05. The van der Waals surface area contributed by atoms with E-state index >= 15 is 0 Å². The first-order chi connectivity index (χ1) is 13.9. The topological polar surface area (TPSA) is 69.3 Å². The summed E-state index contributed by atoms with van der Waals surface area (Å²) in [5, 5.41) is 9.56. The Morgan fingerprint density at radius 3 is 2.45 bits per heavy atom. The van der Waals surface area contributed by atoms with Gasteiger partial charge in [0.05, 0.1) is 4.91 Å². The molecule has 0 spiro atoms. The first-order valence-corrected chi connectivity index (χ1v) is 11.3. The maximum atomic E-state index is 12.9. The van der Waals surface area contributed by atoms with E-state index in [1.165, 1.54) is 24.6 Å². The Morgan fingerprint density at radius 1 is 1.21 bits per heavy atom. The molecule has 1 aromatic heterocycles. The van der Waals surface area contributed by atoms with Crippen LogP contribution in [0.5, 0.6) is 0 Å². The fraction of sp³-hybridized carbons (Fsp3) is 0.524. The van der Waals surface area contributed by atoms with E-state index in [9.17, 15) is 14.9 Å². The molecule has 6 nitrogen and oxygen atoms in total. The van der Waals surface area contributed by atoms with Crippen molar-refractivity contribution in [3.05, 3.63) is 31.9 Å². The summed E-state index contributed by atoms with van der Waals surface area (Å²) in [6.45, 7) is 6.11. The Balaban J connectivity index is 2.18. The Morgan fingerprint density at radius 2 is 1.86 bits per heavy atom. The van der Waals surface area contributed by atoms with Crippen LogP contribution in [0, 0.1) is 18.3 Å². The molecule has 0 unspecified atom stereocenters. The Hall–Kier alpha value is -2.11. The summed E-state index contributed by atoms with van der Waals surface area (Å²) in [7, 11) is 1.71.